The van der Waals surface area contributed by atoms with Crippen LogP contribution in [0.1, 0.15) is 30.1 Å². The Morgan fingerprint density at radius 3 is 2.56 bits per heavy atom. The molecule has 8 nitrogen and oxygen atoms in total. The van der Waals surface area contributed by atoms with Crippen LogP contribution in [-0.2, 0) is 14.8 Å². The Hall–Kier alpha value is -2.29. The Balaban J connectivity index is 2.12. The van der Waals surface area contributed by atoms with Gasteiger partial charge in [0, 0.05) is 12.6 Å². The highest BCUT2D eigenvalue weighted by atomic mass is 32.2. The number of para-hydroxylation sites is 1. The molecule has 0 aromatic heterocycles. The Morgan fingerprint density at radius 2 is 1.96 bits per heavy atom. The lowest BCUT2D eigenvalue weighted by molar-refractivity contribution is 0.0527. The van der Waals surface area contributed by atoms with E-state index in [2.05, 4.69) is 10.6 Å². The zero-order valence-electron chi connectivity index (χ0n) is 14.3. The number of benzene rings is 1. The number of rotatable bonds is 8. The number of sulfonamides is 1. The van der Waals surface area contributed by atoms with E-state index in [-0.39, 0.29) is 43.0 Å². The molecule has 1 saturated carbocycles. The van der Waals surface area contributed by atoms with Gasteiger partial charge in [-0.15, -0.1) is 0 Å². The number of carbonyl (C=O) groups is 2. The van der Waals surface area contributed by atoms with Crippen LogP contribution in [-0.4, -0.2) is 52.4 Å². The van der Waals surface area contributed by atoms with Gasteiger partial charge in [-0.1, -0.05) is 12.1 Å². The standard InChI is InChI=1S/C16H23N3O5S/c1-3-24-15(20)13-6-4-5-7-14(13)19(25(2,22)23)11-10-17-16(21)18-12-8-9-12/h4-7,12H,3,8-11H2,1-2H3,(H2,17,18,21). The van der Waals surface area contributed by atoms with Gasteiger partial charge in [0.25, 0.3) is 0 Å². The Bertz CT molecular complexity index is 731. The highest BCUT2D eigenvalue weighted by Gasteiger charge is 2.25. The van der Waals surface area contributed by atoms with E-state index in [4.69, 9.17) is 4.74 Å². The van der Waals surface area contributed by atoms with Gasteiger partial charge in [0.2, 0.25) is 10.0 Å². The summed E-state index contributed by atoms with van der Waals surface area (Å²) < 4.78 is 30.4. The topological polar surface area (TPSA) is 105 Å². The van der Waals surface area contributed by atoms with E-state index in [1.54, 1.807) is 19.1 Å². The normalized spacial score (nSPS) is 13.8. The summed E-state index contributed by atoms with van der Waals surface area (Å²) >= 11 is 0. The number of esters is 1. The molecule has 1 aromatic rings. The minimum Gasteiger partial charge on any atom is -0.462 e. The average molecular weight is 369 g/mol. The number of nitrogens with one attached hydrogen (secondary N) is 2. The third kappa shape index (κ3) is 5.63. The molecule has 0 spiro atoms. The summed E-state index contributed by atoms with van der Waals surface area (Å²) in [6, 6.07) is 6.22. The van der Waals surface area contributed by atoms with Crippen LogP contribution >= 0.6 is 0 Å². The maximum Gasteiger partial charge on any atom is 0.340 e. The van der Waals surface area contributed by atoms with Crippen LogP contribution in [0.25, 0.3) is 0 Å². The average Bonchev–Trinajstić information content (AvgIpc) is 3.34. The fraction of sp³-hybridized carbons (Fsp3) is 0.500. The molecule has 1 fully saturated rings. The first-order valence-corrected chi connectivity index (χ1v) is 9.96. The summed E-state index contributed by atoms with van der Waals surface area (Å²) in [6.07, 6.45) is 2.99. The summed E-state index contributed by atoms with van der Waals surface area (Å²) in [5, 5.41) is 5.39. The van der Waals surface area contributed by atoms with E-state index >= 15 is 0 Å². The Morgan fingerprint density at radius 1 is 1.28 bits per heavy atom. The van der Waals surface area contributed by atoms with Crippen molar-refractivity contribution < 1.29 is 22.7 Å². The molecule has 2 amide bonds. The third-order valence-corrected chi connectivity index (χ3v) is 4.76. The summed E-state index contributed by atoms with van der Waals surface area (Å²) in [5.41, 5.74) is 0.394. The Labute approximate surface area is 147 Å². The summed E-state index contributed by atoms with van der Waals surface area (Å²) in [5.74, 6) is -0.591. The van der Waals surface area contributed by atoms with Crippen molar-refractivity contribution in [3.05, 3.63) is 29.8 Å². The van der Waals surface area contributed by atoms with Gasteiger partial charge in [0.15, 0.2) is 0 Å². The van der Waals surface area contributed by atoms with Gasteiger partial charge in [-0.3, -0.25) is 4.31 Å². The van der Waals surface area contributed by atoms with E-state index in [0.717, 1.165) is 23.4 Å². The van der Waals surface area contributed by atoms with E-state index in [0.29, 0.717) is 0 Å². The van der Waals surface area contributed by atoms with E-state index < -0.39 is 16.0 Å². The van der Waals surface area contributed by atoms with Gasteiger partial charge in [0.05, 0.1) is 30.7 Å². The first kappa shape index (κ1) is 19.0. The molecule has 0 heterocycles. The molecule has 9 heteroatoms. The highest BCUT2D eigenvalue weighted by Crippen LogP contribution is 2.23. The minimum absolute atomic E-state index is 0.00728. The van der Waals surface area contributed by atoms with Crippen molar-refractivity contribution in [1.82, 2.24) is 10.6 Å². The van der Waals surface area contributed by atoms with Crippen LogP contribution in [0.2, 0.25) is 0 Å². The van der Waals surface area contributed by atoms with Gasteiger partial charge in [-0.25, -0.2) is 18.0 Å². The highest BCUT2D eigenvalue weighted by molar-refractivity contribution is 7.92. The monoisotopic (exact) mass is 369 g/mol. The van der Waals surface area contributed by atoms with Crippen LogP contribution in [0.15, 0.2) is 24.3 Å². The molecule has 0 unspecified atom stereocenters. The molecule has 1 aliphatic carbocycles. The van der Waals surface area contributed by atoms with Crippen LogP contribution in [0.4, 0.5) is 10.5 Å². The second-order valence-electron chi connectivity index (χ2n) is 5.75. The van der Waals surface area contributed by atoms with Crippen molar-refractivity contribution in [2.75, 3.05) is 30.3 Å². The molecule has 0 aliphatic heterocycles. The largest absolute Gasteiger partial charge is 0.462 e. The lowest BCUT2D eigenvalue weighted by atomic mass is 10.2. The van der Waals surface area contributed by atoms with Crippen LogP contribution in [0.5, 0.6) is 0 Å². The SMILES string of the molecule is CCOC(=O)c1ccccc1N(CCNC(=O)NC1CC1)S(C)(=O)=O. The minimum atomic E-state index is -3.64. The second-order valence-corrected chi connectivity index (χ2v) is 7.65. The van der Waals surface area contributed by atoms with Crippen LogP contribution < -0.4 is 14.9 Å². The number of carbonyl (C=O) groups excluding carboxylic acids is 2. The van der Waals surface area contributed by atoms with Crippen LogP contribution in [0, 0.1) is 0 Å². The third-order valence-electron chi connectivity index (χ3n) is 3.58. The summed E-state index contributed by atoms with van der Waals surface area (Å²) in [4.78, 5) is 23.7. The first-order chi connectivity index (χ1) is 11.8. The first-order valence-electron chi connectivity index (χ1n) is 8.11. The molecule has 138 valence electrons. The summed E-state index contributed by atoms with van der Waals surface area (Å²) in [7, 11) is -3.64. The lowest BCUT2D eigenvalue weighted by Gasteiger charge is -2.24. The maximum atomic E-state index is 12.2. The number of urea groups is 1. The quantitative estimate of drug-likeness (QED) is 0.668. The molecule has 0 bridgehead atoms. The molecule has 0 saturated heterocycles. The van der Waals surface area contributed by atoms with Crippen LogP contribution in [0.3, 0.4) is 0 Å². The molecular formula is C16H23N3O5S. The zero-order valence-corrected chi connectivity index (χ0v) is 15.1. The predicted octanol–water partition coefficient (Wildman–Crippen LogP) is 1.09. The smallest absolute Gasteiger partial charge is 0.340 e. The Kier molecular flexibility index (Phi) is 6.24. The lowest BCUT2D eigenvalue weighted by Crippen LogP contribution is -2.43. The van der Waals surface area contributed by atoms with Crippen molar-refractivity contribution in [2.24, 2.45) is 0 Å². The van der Waals surface area contributed by atoms with E-state index in [1.807, 2.05) is 0 Å². The van der Waals surface area contributed by atoms with Gasteiger partial charge in [-0.2, -0.15) is 0 Å². The van der Waals surface area contributed by atoms with Gasteiger partial charge < -0.3 is 15.4 Å². The molecule has 1 aliphatic rings. The number of hydrogen-bond acceptors (Lipinski definition) is 5. The molecule has 1 aromatic carbocycles. The van der Waals surface area contributed by atoms with Gasteiger partial charge in [-0.05, 0) is 31.9 Å². The molecular weight excluding hydrogens is 346 g/mol. The van der Waals surface area contributed by atoms with E-state index in [9.17, 15) is 18.0 Å². The predicted molar refractivity (Wildman–Crippen MR) is 94.1 cm³/mol. The number of hydrogen-bond donors (Lipinski definition) is 2. The molecule has 2 rings (SSSR count). The maximum absolute atomic E-state index is 12.2. The van der Waals surface area contributed by atoms with Gasteiger partial charge >= 0.3 is 12.0 Å². The van der Waals surface area contributed by atoms with E-state index in [1.165, 1.54) is 12.1 Å². The van der Waals surface area contributed by atoms with Crippen molar-refractivity contribution in [1.29, 1.82) is 0 Å². The van der Waals surface area contributed by atoms with Gasteiger partial charge in [0.1, 0.15) is 0 Å². The molecule has 2 N–H and O–H groups in total. The molecule has 0 atom stereocenters. The van der Waals surface area contributed by atoms with Crippen molar-refractivity contribution >= 4 is 27.7 Å². The van der Waals surface area contributed by atoms with Crippen molar-refractivity contribution in [3.63, 3.8) is 0 Å². The number of nitrogens with zero attached hydrogens (tertiary/aromatic N) is 1. The molecule has 25 heavy (non-hydrogen) atoms. The van der Waals surface area contributed by atoms with Crippen molar-refractivity contribution in [3.8, 4) is 0 Å². The van der Waals surface area contributed by atoms with Crippen molar-refractivity contribution in [2.45, 2.75) is 25.8 Å². The fourth-order valence-corrected chi connectivity index (χ4v) is 3.21. The number of anilines is 1. The zero-order chi connectivity index (χ0) is 18.4. The molecule has 0 radical (unpaired) electrons. The second kappa shape index (κ2) is 8.19. The number of ether oxygens (including phenoxy) is 1. The number of amides is 2. The summed E-state index contributed by atoms with van der Waals surface area (Å²) in [6.45, 7) is 1.99. The fourth-order valence-electron chi connectivity index (χ4n) is 2.27.